The minimum absolute atomic E-state index is 0.0477. The maximum atomic E-state index is 12.5. The number of ketones is 1. The molecule has 8 nitrogen and oxygen atoms in total. The summed E-state index contributed by atoms with van der Waals surface area (Å²) in [4.78, 5) is 24.7. The monoisotopic (exact) mass is 447 g/mol. The van der Waals surface area contributed by atoms with Gasteiger partial charge in [-0.25, -0.2) is 8.42 Å². The molecule has 0 fully saturated rings. The molecule has 2 aromatic carbocycles. The van der Waals surface area contributed by atoms with Crippen LogP contribution in [-0.2, 0) is 32.4 Å². The van der Waals surface area contributed by atoms with Crippen LogP contribution in [0.25, 0.3) is 0 Å². The van der Waals surface area contributed by atoms with Gasteiger partial charge in [-0.05, 0) is 42.7 Å². The zero-order chi connectivity index (χ0) is 22.6. The highest BCUT2D eigenvalue weighted by molar-refractivity contribution is 7.92. The molecule has 0 spiro atoms. The molecule has 0 bridgehead atoms. The fourth-order valence-corrected chi connectivity index (χ4v) is 4.51. The van der Waals surface area contributed by atoms with Crippen LogP contribution < -0.4 is 13.8 Å². The highest BCUT2D eigenvalue weighted by atomic mass is 32.2. The smallest absolute Gasteiger partial charge is 0.310 e. The van der Waals surface area contributed by atoms with Crippen molar-refractivity contribution in [2.45, 2.75) is 19.3 Å². The van der Waals surface area contributed by atoms with E-state index in [-0.39, 0.29) is 12.2 Å². The van der Waals surface area contributed by atoms with Crippen molar-refractivity contribution in [2.75, 3.05) is 37.9 Å². The molecule has 1 aliphatic rings. The lowest BCUT2D eigenvalue weighted by molar-refractivity contribution is -0.141. The number of carbonyl (C=O) groups excluding carboxylic acids is 2. The molecule has 9 heteroatoms. The molecule has 0 N–H and O–H groups in total. The number of ether oxygens (including phenoxy) is 3. The summed E-state index contributed by atoms with van der Waals surface area (Å²) in [6.07, 6.45) is 2.47. The summed E-state index contributed by atoms with van der Waals surface area (Å²) in [5.74, 6) is 0.186. The van der Waals surface area contributed by atoms with Crippen LogP contribution >= 0.6 is 0 Å². The fraction of sp³-hybridized carbons (Fsp3) is 0.364. The molecule has 0 radical (unpaired) electrons. The lowest BCUT2D eigenvalue weighted by Gasteiger charge is -2.29. The molecule has 0 atom stereocenters. The van der Waals surface area contributed by atoms with Crippen LogP contribution in [0.5, 0.6) is 11.5 Å². The number of sulfonamides is 1. The van der Waals surface area contributed by atoms with Crippen molar-refractivity contribution in [1.29, 1.82) is 0 Å². The summed E-state index contributed by atoms with van der Waals surface area (Å²) in [6, 6.07) is 9.95. The van der Waals surface area contributed by atoms with Gasteiger partial charge in [0.2, 0.25) is 10.0 Å². The second-order valence-corrected chi connectivity index (χ2v) is 9.13. The third kappa shape index (κ3) is 5.35. The summed E-state index contributed by atoms with van der Waals surface area (Å²) in [7, 11) is -0.343. The van der Waals surface area contributed by atoms with Crippen molar-refractivity contribution < 1.29 is 32.2 Å². The van der Waals surface area contributed by atoms with E-state index in [2.05, 4.69) is 0 Å². The predicted octanol–water partition coefficient (Wildman–Crippen LogP) is 2.38. The highest BCUT2D eigenvalue weighted by Gasteiger charge is 2.25. The summed E-state index contributed by atoms with van der Waals surface area (Å²) in [6.45, 7) is 0.0252. The van der Waals surface area contributed by atoms with Gasteiger partial charge in [-0.3, -0.25) is 13.9 Å². The molecule has 0 saturated carbocycles. The van der Waals surface area contributed by atoms with Gasteiger partial charge in [0.15, 0.2) is 12.4 Å². The van der Waals surface area contributed by atoms with Gasteiger partial charge in [-0.15, -0.1) is 0 Å². The average molecular weight is 448 g/mol. The Morgan fingerprint density at radius 2 is 1.84 bits per heavy atom. The Labute approximate surface area is 181 Å². The van der Waals surface area contributed by atoms with Crippen LogP contribution in [0, 0.1) is 0 Å². The van der Waals surface area contributed by atoms with Crippen LogP contribution in [-0.4, -0.2) is 53.8 Å². The van der Waals surface area contributed by atoms with Crippen LogP contribution in [0.1, 0.15) is 27.9 Å². The largest absolute Gasteiger partial charge is 0.497 e. The lowest BCUT2D eigenvalue weighted by atomic mass is 9.99. The molecule has 0 saturated heterocycles. The van der Waals surface area contributed by atoms with E-state index in [0.29, 0.717) is 47.7 Å². The standard InChI is InChI=1S/C22H25NO7S/c1-28-18-8-6-17(21(13-18)29-2)12-22(25)30-14-20(24)16-7-9-19-15(11-16)5-4-10-23(19)31(3,26)27/h6-9,11,13H,4-5,10,12,14H2,1-3H3. The molecular formula is C22H25NO7S. The molecule has 2 aromatic rings. The fourth-order valence-electron chi connectivity index (χ4n) is 3.51. The van der Waals surface area contributed by atoms with Crippen molar-refractivity contribution in [1.82, 2.24) is 0 Å². The van der Waals surface area contributed by atoms with Gasteiger partial charge in [0.05, 0.1) is 32.6 Å². The molecule has 0 unspecified atom stereocenters. The second kappa shape index (κ2) is 9.38. The van der Waals surface area contributed by atoms with E-state index in [1.165, 1.54) is 24.8 Å². The van der Waals surface area contributed by atoms with E-state index < -0.39 is 22.6 Å². The minimum Gasteiger partial charge on any atom is -0.497 e. The topological polar surface area (TPSA) is 99.2 Å². The maximum Gasteiger partial charge on any atom is 0.310 e. The van der Waals surface area contributed by atoms with E-state index in [1.54, 1.807) is 36.4 Å². The van der Waals surface area contributed by atoms with Crippen molar-refractivity contribution in [3.63, 3.8) is 0 Å². The molecule has 0 aliphatic carbocycles. The van der Waals surface area contributed by atoms with Crippen molar-refractivity contribution in [3.8, 4) is 11.5 Å². The highest BCUT2D eigenvalue weighted by Crippen LogP contribution is 2.30. The number of nitrogens with zero attached hydrogens (tertiary/aromatic N) is 1. The molecule has 0 aromatic heterocycles. The summed E-state index contributed by atoms with van der Waals surface area (Å²) >= 11 is 0. The third-order valence-electron chi connectivity index (χ3n) is 5.07. The van der Waals surface area contributed by atoms with Crippen molar-refractivity contribution in [3.05, 3.63) is 53.1 Å². The Kier molecular flexibility index (Phi) is 6.84. The van der Waals surface area contributed by atoms with Gasteiger partial charge in [0.1, 0.15) is 11.5 Å². The number of rotatable bonds is 8. The zero-order valence-electron chi connectivity index (χ0n) is 17.7. The number of carbonyl (C=O) groups is 2. The Bertz CT molecular complexity index is 1100. The number of aryl methyl sites for hydroxylation is 1. The third-order valence-corrected chi connectivity index (χ3v) is 6.25. The quantitative estimate of drug-likeness (QED) is 0.452. The van der Waals surface area contributed by atoms with E-state index in [9.17, 15) is 18.0 Å². The number of Topliss-reactive ketones (excluding diaryl/α,β-unsaturated/α-hetero) is 1. The molecule has 31 heavy (non-hydrogen) atoms. The first kappa shape index (κ1) is 22.6. The normalized spacial score (nSPS) is 13.3. The number of esters is 1. The van der Waals surface area contributed by atoms with Gasteiger partial charge in [0, 0.05) is 23.7 Å². The van der Waals surface area contributed by atoms with Gasteiger partial charge < -0.3 is 14.2 Å². The van der Waals surface area contributed by atoms with Crippen LogP contribution in [0.2, 0.25) is 0 Å². The zero-order valence-corrected chi connectivity index (χ0v) is 18.5. The summed E-state index contributed by atoms with van der Waals surface area (Å²) in [5, 5.41) is 0. The second-order valence-electron chi connectivity index (χ2n) is 7.22. The number of fused-ring (bicyclic) bond motifs is 1. The number of hydrogen-bond acceptors (Lipinski definition) is 7. The molecule has 0 amide bonds. The number of anilines is 1. The molecule has 1 heterocycles. The first-order valence-electron chi connectivity index (χ1n) is 9.73. The molecular weight excluding hydrogens is 422 g/mol. The first-order valence-corrected chi connectivity index (χ1v) is 11.6. The van der Waals surface area contributed by atoms with Gasteiger partial charge >= 0.3 is 5.97 Å². The van der Waals surface area contributed by atoms with Gasteiger partial charge in [0.25, 0.3) is 0 Å². The van der Waals surface area contributed by atoms with Crippen molar-refractivity contribution in [2.24, 2.45) is 0 Å². The van der Waals surface area contributed by atoms with E-state index in [1.807, 2.05) is 0 Å². The summed E-state index contributed by atoms with van der Waals surface area (Å²) < 4.78 is 40.8. The number of methoxy groups -OCH3 is 2. The molecule has 3 rings (SSSR count). The Hall–Kier alpha value is -3.07. The number of benzene rings is 2. The Balaban J connectivity index is 1.64. The molecule has 1 aliphatic heterocycles. The van der Waals surface area contributed by atoms with Gasteiger partial charge in [-0.2, -0.15) is 0 Å². The Morgan fingerprint density at radius 3 is 2.52 bits per heavy atom. The van der Waals surface area contributed by atoms with E-state index >= 15 is 0 Å². The van der Waals surface area contributed by atoms with Gasteiger partial charge in [-0.1, -0.05) is 6.07 Å². The maximum absolute atomic E-state index is 12.5. The average Bonchev–Trinajstić information content (AvgIpc) is 2.76. The van der Waals surface area contributed by atoms with Crippen LogP contribution in [0.4, 0.5) is 5.69 Å². The van der Waals surface area contributed by atoms with Crippen LogP contribution in [0.3, 0.4) is 0 Å². The minimum atomic E-state index is -3.37. The predicted molar refractivity (Wildman–Crippen MR) is 115 cm³/mol. The van der Waals surface area contributed by atoms with E-state index in [0.717, 1.165) is 5.56 Å². The summed E-state index contributed by atoms with van der Waals surface area (Å²) in [5.41, 5.74) is 2.38. The SMILES string of the molecule is COc1ccc(CC(=O)OCC(=O)c2ccc3c(c2)CCCN3S(C)(=O)=O)c(OC)c1. The number of hydrogen-bond donors (Lipinski definition) is 0. The first-order chi connectivity index (χ1) is 14.7. The van der Waals surface area contributed by atoms with Crippen molar-refractivity contribution >= 4 is 27.5 Å². The van der Waals surface area contributed by atoms with E-state index in [4.69, 9.17) is 14.2 Å². The molecule has 166 valence electrons. The Morgan fingerprint density at radius 1 is 1.06 bits per heavy atom. The van der Waals surface area contributed by atoms with Crippen LogP contribution in [0.15, 0.2) is 36.4 Å². The lowest BCUT2D eigenvalue weighted by Crippen LogP contribution is -2.34.